The topological polar surface area (TPSA) is 142 Å². The first-order valence-corrected chi connectivity index (χ1v) is 12.4. The Hall–Kier alpha value is -4.25. The summed E-state index contributed by atoms with van der Waals surface area (Å²) >= 11 is 0. The lowest BCUT2D eigenvalue weighted by molar-refractivity contribution is -0.140. The van der Waals surface area contributed by atoms with Crippen LogP contribution in [0.4, 0.5) is 17.1 Å². The van der Waals surface area contributed by atoms with E-state index in [2.05, 4.69) is 5.32 Å². The second-order valence-corrected chi connectivity index (χ2v) is 10.3. The van der Waals surface area contributed by atoms with E-state index in [0.29, 0.717) is 11.5 Å². The molecule has 0 bridgehead atoms. The third kappa shape index (κ3) is 3.68. The highest BCUT2D eigenvalue weighted by Crippen LogP contribution is 2.51. The highest BCUT2D eigenvalue weighted by atomic mass is 32.2. The first kappa shape index (κ1) is 23.5. The number of aliphatic carboxylic acids is 1. The van der Waals surface area contributed by atoms with Gasteiger partial charge in [-0.3, -0.25) is 9.59 Å². The van der Waals surface area contributed by atoms with Gasteiger partial charge in [0.15, 0.2) is 11.5 Å². The summed E-state index contributed by atoms with van der Waals surface area (Å²) in [6.45, 7) is 1.65. The first-order chi connectivity index (χ1) is 17.1. The molecular formula is C25H22N2O8S. The third-order valence-corrected chi connectivity index (χ3v) is 8.17. The number of nitrogens with zero attached hydrogens (tertiary/aromatic N) is 1. The molecule has 3 atom stereocenters. The number of carbonyl (C=O) groups excluding carboxylic acids is 1. The van der Waals surface area contributed by atoms with Gasteiger partial charge in [0, 0.05) is 6.07 Å². The van der Waals surface area contributed by atoms with Gasteiger partial charge in [-0.15, -0.1) is 0 Å². The fraction of sp³-hybridized carbons (Fsp3) is 0.200. The molecule has 3 aromatic rings. The summed E-state index contributed by atoms with van der Waals surface area (Å²) < 4.78 is 40.1. The predicted molar refractivity (Wildman–Crippen MR) is 129 cm³/mol. The summed E-state index contributed by atoms with van der Waals surface area (Å²) in [6.07, 6.45) is 0. The molecule has 3 N–H and O–H groups in total. The number of phenolic OH excluding ortho intramolecular Hbond substituents is 1. The van der Waals surface area contributed by atoms with Crippen molar-refractivity contribution in [2.45, 2.75) is 11.8 Å². The number of aromatic hydroxyl groups is 1. The number of methoxy groups -OCH3 is 1. The first-order valence-electron chi connectivity index (χ1n) is 11.0. The van der Waals surface area contributed by atoms with Crippen LogP contribution in [0.15, 0.2) is 65.6 Å². The van der Waals surface area contributed by atoms with Gasteiger partial charge in [0.25, 0.3) is 10.0 Å². The van der Waals surface area contributed by atoms with Gasteiger partial charge in [-0.1, -0.05) is 31.2 Å². The van der Waals surface area contributed by atoms with Crippen molar-refractivity contribution in [1.29, 1.82) is 0 Å². The number of carboxylic acid groups (broad SMARTS) is 1. The van der Waals surface area contributed by atoms with E-state index < -0.39 is 44.4 Å². The highest BCUT2D eigenvalue weighted by molar-refractivity contribution is 7.93. The summed E-state index contributed by atoms with van der Waals surface area (Å²) in [5, 5.41) is 22.6. The Labute approximate surface area is 206 Å². The normalized spacial score (nSPS) is 19.9. The summed E-state index contributed by atoms with van der Waals surface area (Å²) in [4.78, 5) is 23.6. The maximum Gasteiger partial charge on any atom is 0.307 e. The summed E-state index contributed by atoms with van der Waals surface area (Å²) in [6, 6.07) is 15.3. The zero-order valence-corrected chi connectivity index (χ0v) is 20.0. The van der Waals surface area contributed by atoms with Crippen molar-refractivity contribution >= 4 is 39.0 Å². The lowest BCUT2D eigenvalue weighted by atomic mass is 10.2. The molecule has 1 aliphatic heterocycles. The molecule has 1 fully saturated rings. The molecule has 186 valence electrons. The number of hydrogen-bond acceptors (Lipinski definition) is 7. The summed E-state index contributed by atoms with van der Waals surface area (Å²) in [5.41, 5.74) is 0.471. The standard InChI is InChI=1S/C25H22N2O8S/c1-13-22(23(13)25(30)31)24(29)26-14-11-21(17(28)12-20(14)34-2)36(32,33)27-15-7-3-5-9-18(15)35-19-10-6-4-8-16(19)27/h3-13,22-23,28H,1-2H3,(H,26,29)(H,30,31)/t13?,22-,23-/m1/s1. The monoisotopic (exact) mass is 510 g/mol. The van der Waals surface area contributed by atoms with Crippen molar-refractivity contribution in [2.24, 2.45) is 17.8 Å². The van der Waals surface area contributed by atoms with Crippen molar-refractivity contribution in [1.82, 2.24) is 0 Å². The Kier molecular flexibility index (Phi) is 5.51. The van der Waals surface area contributed by atoms with Crippen molar-refractivity contribution in [3.63, 3.8) is 0 Å². The van der Waals surface area contributed by atoms with Crippen LogP contribution in [0.25, 0.3) is 0 Å². The van der Waals surface area contributed by atoms with Crippen LogP contribution in [0.3, 0.4) is 0 Å². The molecule has 11 heteroatoms. The fourth-order valence-corrected chi connectivity index (χ4v) is 6.12. The largest absolute Gasteiger partial charge is 0.506 e. The number of ether oxygens (including phenoxy) is 2. The van der Waals surface area contributed by atoms with Crippen LogP contribution in [0, 0.1) is 17.8 Å². The molecule has 1 heterocycles. The molecule has 1 unspecified atom stereocenters. The van der Waals surface area contributed by atoms with Crippen LogP contribution in [0.5, 0.6) is 23.0 Å². The maximum absolute atomic E-state index is 14.0. The SMILES string of the molecule is COc1cc(O)c(S(=O)(=O)N2c3ccccc3Oc3ccccc32)cc1NC(=O)[C@@H]1C(C)[C@H]1C(=O)O. The van der Waals surface area contributed by atoms with E-state index in [1.165, 1.54) is 7.11 Å². The van der Waals surface area contributed by atoms with Gasteiger partial charge >= 0.3 is 5.97 Å². The second-order valence-electron chi connectivity index (χ2n) is 8.57. The van der Waals surface area contributed by atoms with E-state index in [4.69, 9.17) is 9.47 Å². The smallest absolute Gasteiger partial charge is 0.307 e. The van der Waals surface area contributed by atoms with E-state index in [1.807, 2.05) is 0 Å². The minimum atomic E-state index is -4.44. The quantitative estimate of drug-likeness (QED) is 0.423. The molecule has 5 rings (SSSR count). The zero-order valence-electron chi connectivity index (χ0n) is 19.2. The van der Waals surface area contributed by atoms with E-state index in [0.717, 1.165) is 16.4 Å². The van der Waals surface area contributed by atoms with Crippen LogP contribution < -0.4 is 19.1 Å². The van der Waals surface area contributed by atoms with Crippen molar-refractivity contribution in [2.75, 3.05) is 16.7 Å². The van der Waals surface area contributed by atoms with Crippen molar-refractivity contribution < 1.29 is 37.7 Å². The molecule has 1 saturated carbocycles. The fourth-order valence-electron chi connectivity index (χ4n) is 4.51. The van der Waals surface area contributed by atoms with E-state index in [-0.39, 0.29) is 28.7 Å². The van der Waals surface area contributed by atoms with Crippen LogP contribution in [-0.2, 0) is 19.6 Å². The Morgan fingerprint density at radius 3 is 2.11 bits per heavy atom. The average Bonchev–Trinajstić information content (AvgIpc) is 3.54. The molecule has 1 amide bonds. The molecule has 0 aromatic heterocycles. The van der Waals surface area contributed by atoms with E-state index in [9.17, 15) is 28.2 Å². The number of phenols is 1. The molecule has 2 aliphatic rings. The summed E-state index contributed by atoms with van der Waals surface area (Å²) in [7, 11) is -3.14. The van der Waals surface area contributed by atoms with Gasteiger partial charge in [0.1, 0.15) is 27.8 Å². The number of amides is 1. The Morgan fingerprint density at radius 1 is 1.00 bits per heavy atom. The van der Waals surface area contributed by atoms with Gasteiger partial charge < -0.3 is 25.0 Å². The second kappa shape index (κ2) is 8.45. The van der Waals surface area contributed by atoms with Gasteiger partial charge in [-0.2, -0.15) is 0 Å². The minimum absolute atomic E-state index is 0.0164. The number of anilines is 3. The maximum atomic E-state index is 14.0. The van der Waals surface area contributed by atoms with Crippen LogP contribution in [0.1, 0.15) is 6.92 Å². The number of benzene rings is 3. The molecule has 1 aliphatic carbocycles. The van der Waals surface area contributed by atoms with Crippen molar-refractivity contribution in [3.8, 4) is 23.0 Å². The highest BCUT2D eigenvalue weighted by Gasteiger charge is 2.56. The molecule has 0 spiro atoms. The Morgan fingerprint density at radius 2 is 1.58 bits per heavy atom. The van der Waals surface area contributed by atoms with Crippen LogP contribution in [0.2, 0.25) is 0 Å². The number of hydrogen-bond donors (Lipinski definition) is 3. The van der Waals surface area contributed by atoms with E-state index >= 15 is 0 Å². The number of sulfonamides is 1. The Bertz CT molecular complexity index is 1460. The lowest BCUT2D eigenvalue weighted by Crippen LogP contribution is -2.29. The zero-order chi connectivity index (χ0) is 25.8. The van der Waals surface area contributed by atoms with Crippen LogP contribution >= 0.6 is 0 Å². The molecule has 10 nitrogen and oxygen atoms in total. The number of rotatable bonds is 6. The van der Waals surface area contributed by atoms with Crippen molar-refractivity contribution in [3.05, 3.63) is 60.7 Å². The Balaban J connectivity index is 1.59. The van der Waals surface area contributed by atoms with E-state index in [1.54, 1.807) is 55.5 Å². The predicted octanol–water partition coefficient (Wildman–Crippen LogP) is 3.94. The third-order valence-electron chi connectivity index (χ3n) is 6.41. The molecular weight excluding hydrogens is 488 g/mol. The molecule has 0 saturated heterocycles. The number of carboxylic acids is 1. The average molecular weight is 511 g/mol. The number of fused-ring (bicyclic) bond motifs is 2. The molecule has 0 radical (unpaired) electrons. The van der Waals surface area contributed by atoms with Gasteiger partial charge in [-0.25, -0.2) is 12.7 Å². The summed E-state index contributed by atoms with van der Waals surface area (Å²) in [5.74, 6) is -3.56. The van der Waals surface area contributed by atoms with Gasteiger partial charge in [0.05, 0.1) is 24.6 Å². The lowest BCUT2D eigenvalue weighted by Gasteiger charge is -2.32. The number of nitrogens with one attached hydrogen (secondary N) is 1. The number of carbonyl (C=O) groups is 2. The molecule has 3 aromatic carbocycles. The number of para-hydroxylation sites is 4. The van der Waals surface area contributed by atoms with Gasteiger partial charge in [0.2, 0.25) is 5.91 Å². The van der Waals surface area contributed by atoms with Gasteiger partial charge in [-0.05, 0) is 36.2 Å². The minimum Gasteiger partial charge on any atom is -0.506 e. The molecule has 36 heavy (non-hydrogen) atoms. The van der Waals surface area contributed by atoms with Crippen LogP contribution in [-0.4, -0.2) is 37.6 Å².